The van der Waals surface area contributed by atoms with E-state index in [9.17, 15) is 0 Å². The molecule has 0 radical (unpaired) electrons. The molecule has 0 amide bonds. The topological polar surface area (TPSA) is 59.5 Å². The van der Waals surface area contributed by atoms with Crippen LogP contribution in [0.15, 0.2) is 78.9 Å². The Morgan fingerprint density at radius 3 is 2.22 bits per heavy atom. The van der Waals surface area contributed by atoms with Gasteiger partial charge in [-0.15, -0.1) is 0 Å². The molecule has 0 spiro atoms. The van der Waals surface area contributed by atoms with Gasteiger partial charge in [0.2, 0.25) is 0 Å². The minimum absolute atomic E-state index is 0.381. The fraction of sp³-hybridized carbons (Fsp3) is 0.241. The minimum Gasteiger partial charge on any atom is -0.497 e. The lowest BCUT2D eigenvalue weighted by molar-refractivity contribution is 0.238. The molecule has 1 aliphatic heterocycles. The van der Waals surface area contributed by atoms with Crippen LogP contribution >= 0.6 is 11.6 Å². The summed E-state index contributed by atoms with van der Waals surface area (Å²) in [5.74, 6) is 2.79. The monoisotopic (exact) mass is 500 g/mol. The van der Waals surface area contributed by atoms with E-state index in [4.69, 9.17) is 26.1 Å². The Balaban J connectivity index is 1.39. The van der Waals surface area contributed by atoms with E-state index < -0.39 is 0 Å². The van der Waals surface area contributed by atoms with Crippen molar-refractivity contribution in [3.8, 4) is 34.0 Å². The normalized spacial score (nSPS) is 13.5. The third-order valence-electron chi connectivity index (χ3n) is 6.27. The van der Waals surface area contributed by atoms with Crippen LogP contribution in [-0.2, 0) is 0 Å². The molecule has 1 saturated heterocycles. The number of methoxy groups -OCH3 is 1. The molecule has 0 bridgehead atoms. The predicted molar refractivity (Wildman–Crippen MR) is 145 cm³/mol. The van der Waals surface area contributed by atoms with Crippen LogP contribution in [0.4, 0.5) is 11.5 Å². The van der Waals surface area contributed by atoms with Crippen LogP contribution in [0.3, 0.4) is 0 Å². The number of nitrogens with one attached hydrogen (secondary N) is 1. The zero-order valence-corrected chi connectivity index (χ0v) is 21.0. The van der Waals surface area contributed by atoms with E-state index >= 15 is 0 Å². The van der Waals surface area contributed by atoms with E-state index in [1.165, 1.54) is 25.9 Å². The Labute approximate surface area is 216 Å². The van der Waals surface area contributed by atoms with E-state index in [0.717, 1.165) is 40.4 Å². The highest BCUT2D eigenvalue weighted by molar-refractivity contribution is 6.33. The van der Waals surface area contributed by atoms with Gasteiger partial charge >= 0.3 is 0 Å². The molecular formula is C29H29ClN4O2. The number of hydrogen-bond donors (Lipinski definition) is 1. The second-order valence-corrected chi connectivity index (χ2v) is 9.06. The molecule has 1 aromatic heterocycles. The van der Waals surface area contributed by atoms with E-state index in [-0.39, 0.29) is 0 Å². The van der Waals surface area contributed by atoms with Gasteiger partial charge in [0.05, 0.1) is 12.7 Å². The smallest absolute Gasteiger partial charge is 0.163 e. The summed E-state index contributed by atoms with van der Waals surface area (Å²) in [5.41, 5.74) is 3.42. The molecule has 5 rings (SSSR count). The fourth-order valence-electron chi connectivity index (χ4n) is 4.32. The Kier molecular flexibility index (Phi) is 7.64. The Morgan fingerprint density at radius 1 is 0.833 bits per heavy atom. The van der Waals surface area contributed by atoms with Gasteiger partial charge < -0.3 is 14.8 Å². The Morgan fingerprint density at radius 2 is 1.53 bits per heavy atom. The summed E-state index contributed by atoms with van der Waals surface area (Å²) >= 11 is 6.74. The third-order valence-corrected chi connectivity index (χ3v) is 6.54. The molecule has 7 heteroatoms. The third kappa shape index (κ3) is 5.78. The molecule has 2 heterocycles. The molecular weight excluding hydrogens is 472 g/mol. The van der Waals surface area contributed by atoms with Crippen molar-refractivity contribution in [2.75, 3.05) is 38.7 Å². The van der Waals surface area contributed by atoms with Gasteiger partial charge in [-0.1, -0.05) is 41.9 Å². The first-order valence-corrected chi connectivity index (χ1v) is 12.6. The predicted octanol–water partition coefficient (Wildman–Crippen LogP) is 6.69. The number of anilines is 2. The van der Waals surface area contributed by atoms with Crippen molar-refractivity contribution in [2.45, 2.75) is 12.8 Å². The quantitative estimate of drug-likeness (QED) is 0.258. The zero-order valence-electron chi connectivity index (χ0n) is 20.3. The summed E-state index contributed by atoms with van der Waals surface area (Å²) in [5, 5.41) is 3.83. The number of halogens is 1. The van der Waals surface area contributed by atoms with Gasteiger partial charge in [0.25, 0.3) is 0 Å². The average Bonchev–Trinajstić information content (AvgIpc) is 3.44. The highest BCUT2D eigenvalue weighted by Crippen LogP contribution is 2.36. The first kappa shape index (κ1) is 24.1. The van der Waals surface area contributed by atoms with Crippen molar-refractivity contribution in [1.82, 2.24) is 14.9 Å². The van der Waals surface area contributed by atoms with Crippen LogP contribution in [0.25, 0.3) is 22.5 Å². The molecule has 0 atom stereocenters. The summed E-state index contributed by atoms with van der Waals surface area (Å²) in [7, 11) is 1.64. The summed E-state index contributed by atoms with van der Waals surface area (Å²) in [6, 6.07) is 25.5. The first-order chi connectivity index (χ1) is 17.7. The van der Waals surface area contributed by atoms with Gasteiger partial charge in [-0.25, -0.2) is 9.97 Å². The summed E-state index contributed by atoms with van der Waals surface area (Å²) in [6.45, 7) is 4.01. The highest BCUT2D eigenvalue weighted by Gasteiger charge is 2.17. The minimum atomic E-state index is 0.381. The Hall–Kier alpha value is -3.61. The van der Waals surface area contributed by atoms with Gasteiger partial charge in [-0.2, -0.15) is 0 Å². The van der Waals surface area contributed by atoms with E-state index in [1.54, 1.807) is 7.11 Å². The van der Waals surface area contributed by atoms with Crippen LogP contribution in [0.1, 0.15) is 12.8 Å². The van der Waals surface area contributed by atoms with Crippen LogP contribution in [0.2, 0.25) is 5.15 Å². The molecule has 0 saturated carbocycles. The van der Waals surface area contributed by atoms with E-state index in [1.807, 2.05) is 78.9 Å². The lowest BCUT2D eigenvalue weighted by Gasteiger charge is -2.16. The molecule has 1 aliphatic rings. The molecule has 1 N–H and O–H groups in total. The van der Waals surface area contributed by atoms with E-state index in [0.29, 0.717) is 23.4 Å². The summed E-state index contributed by atoms with van der Waals surface area (Å²) in [4.78, 5) is 11.9. The molecule has 4 aromatic rings. The number of nitrogens with zero attached hydrogens (tertiary/aromatic N) is 3. The second kappa shape index (κ2) is 11.4. The highest BCUT2D eigenvalue weighted by atomic mass is 35.5. The van der Waals surface area contributed by atoms with Gasteiger partial charge in [0, 0.05) is 17.8 Å². The Bertz CT molecular complexity index is 1280. The maximum absolute atomic E-state index is 6.74. The van der Waals surface area contributed by atoms with Crippen molar-refractivity contribution in [2.24, 2.45) is 0 Å². The molecule has 184 valence electrons. The van der Waals surface area contributed by atoms with Crippen LogP contribution < -0.4 is 14.8 Å². The SMILES string of the molecule is COc1ccc(-c2nc(Cl)c(-c3ccccc3)c(Nc3ccc(OCCN4CCCC4)cc3)n2)cc1. The lowest BCUT2D eigenvalue weighted by atomic mass is 10.1. The summed E-state index contributed by atoms with van der Waals surface area (Å²) < 4.78 is 11.2. The molecule has 36 heavy (non-hydrogen) atoms. The van der Waals surface area contributed by atoms with Gasteiger partial charge in [-0.05, 0) is 80.0 Å². The van der Waals surface area contributed by atoms with Crippen molar-refractivity contribution >= 4 is 23.1 Å². The number of rotatable bonds is 9. The molecule has 0 aliphatic carbocycles. The van der Waals surface area contributed by atoms with Crippen LogP contribution in [-0.4, -0.2) is 48.2 Å². The number of hydrogen-bond acceptors (Lipinski definition) is 6. The number of benzene rings is 3. The van der Waals surface area contributed by atoms with Gasteiger partial charge in [0.1, 0.15) is 29.1 Å². The van der Waals surface area contributed by atoms with Crippen LogP contribution in [0, 0.1) is 0 Å². The fourth-order valence-corrected chi connectivity index (χ4v) is 4.60. The van der Waals surface area contributed by atoms with Gasteiger partial charge in [0.15, 0.2) is 5.82 Å². The van der Waals surface area contributed by atoms with Crippen LogP contribution in [0.5, 0.6) is 11.5 Å². The first-order valence-electron chi connectivity index (χ1n) is 12.2. The van der Waals surface area contributed by atoms with Gasteiger partial charge in [-0.3, -0.25) is 4.90 Å². The van der Waals surface area contributed by atoms with Crippen molar-refractivity contribution in [1.29, 1.82) is 0 Å². The standard InChI is InChI=1S/C29H29ClN4O2/c1-35-24-13-9-22(10-14-24)28-32-27(30)26(21-7-3-2-4-8-21)29(33-28)31-23-11-15-25(16-12-23)36-20-19-34-17-5-6-18-34/h2-4,7-16H,5-6,17-20H2,1H3,(H,31,32,33). The number of ether oxygens (including phenoxy) is 2. The largest absolute Gasteiger partial charge is 0.497 e. The molecule has 3 aromatic carbocycles. The maximum atomic E-state index is 6.74. The molecule has 0 unspecified atom stereocenters. The number of likely N-dealkylation sites (tertiary alicyclic amines) is 1. The van der Waals surface area contributed by atoms with Crippen molar-refractivity contribution in [3.63, 3.8) is 0 Å². The summed E-state index contributed by atoms with van der Waals surface area (Å²) in [6.07, 6.45) is 2.58. The van der Waals surface area contributed by atoms with Crippen molar-refractivity contribution < 1.29 is 9.47 Å². The lowest BCUT2D eigenvalue weighted by Crippen LogP contribution is -2.25. The zero-order chi connectivity index (χ0) is 24.7. The van der Waals surface area contributed by atoms with Crippen molar-refractivity contribution in [3.05, 3.63) is 84.0 Å². The average molecular weight is 501 g/mol. The molecule has 6 nitrogen and oxygen atoms in total. The van der Waals surface area contributed by atoms with E-state index in [2.05, 4.69) is 15.2 Å². The molecule has 1 fully saturated rings. The maximum Gasteiger partial charge on any atom is 0.163 e. The number of aromatic nitrogens is 2. The second-order valence-electron chi connectivity index (χ2n) is 8.70.